The Morgan fingerprint density at radius 3 is 2.25 bits per heavy atom. The Labute approximate surface area is 129 Å². The van der Waals surface area contributed by atoms with Gasteiger partial charge in [-0.3, -0.25) is 4.68 Å². The molecule has 0 spiro atoms. The van der Waals surface area contributed by atoms with Crippen LogP contribution in [0.1, 0.15) is 45.4 Å². The normalized spacial score (nSPS) is 13.4. The van der Waals surface area contributed by atoms with Crippen molar-refractivity contribution in [1.29, 1.82) is 0 Å². The first-order valence-electron chi connectivity index (χ1n) is 7.69. The minimum absolute atomic E-state index is 0.620. The third-order valence-electron chi connectivity index (χ3n) is 3.55. The maximum absolute atomic E-state index is 6.36. The van der Waals surface area contributed by atoms with Gasteiger partial charge in [0.25, 0.3) is 0 Å². The zero-order chi connectivity index (χ0) is 15.3. The van der Waals surface area contributed by atoms with Crippen LogP contribution in [-0.2, 0) is 13.5 Å². The summed E-state index contributed by atoms with van der Waals surface area (Å²) in [5.41, 5.74) is 2.28. The van der Waals surface area contributed by atoms with Gasteiger partial charge >= 0.3 is 0 Å². The van der Waals surface area contributed by atoms with E-state index in [1.807, 2.05) is 7.05 Å². The lowest BCUT2D eigenvalue weighted by atomic mass is 9.91. The lowest BCUT2D eigenvalue weighted by molar-refractivity contribution is 0.376. The molecule has 1 rings (SSSR count). The highest BCUT2D eigenvalue weighted by Gasteiger charge is 2.18. The molecule has 1 atom stereocenters. The summed E-state index contributed by atoms with van der Waals surface area (Å²) in [6.07, 6.45) is 2.23. The fraction of sp³-hybridized carbons (Fsp3) is 0.812. The first-order valence-corrected chi connectivity index (χ1v) is 8.07. The maximum atomic E-state index is 6.36. The average molecular weight is 300 g/mol. The van der Waals surface area contributed by atoms with Crippen molar-refractivity contribution >= 4 is 11.6 Å². The van der Waals surface area contributed by atoms with Crippen LogP contribution in [0.15, 0.2) is 0 Å². The maximum Gasteiger partial charge on any atom is 0.130 e. The summed E-state index contributed by atoms with van der Waals surface area (Å²) in [6.45, 7) is 13.2. The van der Waals surface area contributed by atoms with Gasteiger partial charge in [0.05, 0.1) is 5.69 Å². The second-order valence-corrected chi connectivity index (χ2v) is 7.09. The zero-order valence-electron chi connectivity index (χ0n) is 13.8. The van der Waals surface area contributed by atoms with Gasteiger partial charge in [-0.2, -0.15) is 5.10 Å². The topological polar surface area (TPSA) is 29.9 Å². The van der Waals surface area contributed by atoms with Gasteiger partial charge in [0.1, 0.15) is 5.15 Å². The molecule has 4 heteroatoms. The Bertz CT molecular complexity index is 410. The Hall–Kier alpha value is -0.540. The van der Waals surface area contributed by atoms with Crippen molar-refractivity contribution in [3.05, 3.63) is 16.4 Å². The van der Waals surface area contributed by atoms with Crippen LogP contribution in [0.2, 0.25) is 5.15 Å². The predicted molar refractivity (Wildman–Crippen MR) is 87.3 cm³/mol. The Morgan fingerprint density at radius 1 is 1.15 bits per heavy atom. The van der Waals surface area contributed by atoms with E-state index in [0.717, 1.165) is 30.4 Å². The number of hydrogen-bond acceptors (Lipinski definition) is 2. The van der Waals surface area contributed by atoms with Crippen LogP contribution in [-0.4, -0.2) is 22.9 Å². The van der Waals surface area contributed by atoms with Crippen molar-refractivity contribution in [1.82, 2.24) is 15.1 Å². The number of aryl methyl sites for hydroxylation is 2. The highest BCUT2D eigenvalue weighted by molar-refractivity contribution is 6.30. The quantitative estimate of drug-likeness (QED) is 0.790. The standard InChI is InChI=1S/C16H30ClN3/c1-11(2)7-14(10-18-9-12(3)4)8-15-13(5)19-20(6)16(15)17/h11-12,14,18H,7-10H2,1-6H3. The highest BCUT2D eigenvalue weighted by atomic mass is 35.5. The molecule has 1 aromatic heterocycles. The molecule has 1 N–H and O–H groups in total. The average Bonchev–Trinajstić information content (AvgIpc) is 2.54. The largest absolute Gasteiger partial charge is 0.316 e. The predicted octanol–water partition coefficient (Wildman–Crippen LogP) is 3.83. The minimum Gasteiger partial charge on any atom is -0.316 e. The van der Waals surface area contributed by atoms with Crippen molar-refractivity contribution in [2.45, 2.75) is 47.5 Å². The van der Waals surface area contributed by atoms with E-state index >= 15 is 0 Å². The molecule has 1 heterocycles. The Morgan fingerprint density at radius 2 is 1.80 bits per heavy atom. The smallest absolute Gasteiger partial charge is 0.130 e. The molecule has 0 saturated carbocycles. The van der Waals surface area contributed by atoms with Gasteiger partial charge in [-0.05, 0) is 50.6 Å². The van der Waals surface area contributed by atoms with E-state index in [2.05, 4.69) is 45.0 Å². The SMILES string of the molecule is Cc1nn(C)c(Cl)c1CC(CNCC(C)C)CC(C)C. The molecular weight excluding hydrogens is 270 g/mol. The molecule has 0 fully saturated rings. The van der Waals surface area contributed by atoms with E-state index in [9.17, 15) is 0 Å². The van der Waals surface area contributed by atoms with Crippen molar-refractivity contribution in [2.75, 3.05) is 13.1 Å². The molecule has 0 amide bonds. The third kappa shape index (κ3) is 5.45. The Kier molecular flexibility index (Phi) is 7.04. The fourth-order valence-corrected chi connectivity index (χ4v) is 2.93. The van der Waals surface area contributed by atoms with E-state index in [1.165, 1.54) is 12.0 Å². The van der Waals surface area contributed by atoms with E-state index in [0.29, 0.717) is 17.8 Å². The molecule has 1 aromatic rings. The first-order chi connectivity index (χ1) is 9.31. The minimum atomic E-state index is 0.620. The van der Waals surface area contributed by atoms with E-state index in [1.54, 1.807) is 4.68 Å². The molecule has 0 bridgehead atoms. The molecule has 20 heavy (non-hydrogen) atoms. The monoisotopic (exact) mass is 299 g/mol. The van der Waals surface area contributed by atoms with Gasteiger partial charge in [0.2, 0.25) is 0 Å². The van der Waals surface area contributed by atoms with Crippen molar-refractivity contribution in [2.24, 2.45) is 24.8 Å². The number of nitrogens with one attached hydrogen (secondary N) is 1. The molecule has 0 aliphatic carbocycles. The lowest BCUT2D eigenvalue weighted by Gasteiger charge is -2.20. The molecule has 0 aliphatic heterocycles. The van der Waals surface area contributed by atoms with Crippen LogP contribution in [0.4, 0.5) is 0 Å². The van der Waals surface area contributed by atoms with Gasteiger partial charge in [-0.25, -0.2) is 0 Å². The second kappa shape index (κ2) is 8.04. The molecule has 3 nitrogen and oxygen atoms in total. The van der Waals surface area contributed by atoms with E-state index in [-0.39, 0.29) is 0 Å². The van der Waals surface area contributed by atoms with Crippen LogP contribution >= 0.6 is 11.6 Å². The molecule has 0 saturated heterocycles. The van der Waals surface area contributed by atoms with Gasteiger partial charge in [0, 0.05) is 12.6 Å². The summed E-state index contributed by atoms with van der Waals surface area (Å²) in [7, 11) is 1.91. The van der Waals surface area contributed by atoms with Crippen molar-refractivity contribution in [3.8, 4) is 0 Å². The highest BCUT2D eigenvalue weighted by Crippen LogP contribution is 2.24. The summed E-state index contributed by atoms with van der Waals surface area (Å²) in [6, 6.07) is 0. The van der Waals surface area contributed by atoms with Gasteiger partial charge in [-0.1, -0.05) is 39.3 Å². The summed E-state index contributed by atoms with van der Waals surface area (Å²) in [5.74, 6) is 2.02. The molecular formula is C16H30ClN3. The van der Waals surface area contributed by atoms with E-state index < -0.39 is 0 Å². The van der Waals surface area contributed by atoms with Gasteiger partial charge in [-0.15, -0.1) is 0 Å². The molecule has 1 unspecified atom stereocenters. The third-order valence-corrected chi connectivity index (χ3v) is 4.03. The van der Waals surface area contributed by atoms with Crippen molar-refractivity contribution in [3.63, 3.8) is 0 Å². The first kappa shape index (κ1) is 17.5. The van der Waals surface area contributed by atoms with Crippen LogP contribution in [0, 0.1) is 24.7 Å². The van der Waals surface area contributed by atoms with Crippen LogP contribution < -0.4 is 5.32 Å². The van der Waals surface area contributed by atoms with Crippen LogP contribution in [0.5, 0.6) is 0 Å². The zero-order valence-corrected chi connectivity index (χ0v) is 14.6. The number of nitrogens with zero attached hydrogens (tertiary/aromatic N) is 2. The van der Waals surface area contributed by atoms with Gasteiger partial charge < -0.3 is 5.32 Å². The van der Waals surface area contributed by atoms with Crippen molar-refractivity contribution < 1.29 is 0 Å². The summed E-state index contributed by atoms with van der Waals surface area (Å²) < 4.78 is 1.78. The Balaban J connectivity index is 2.68. The lowest BCUT2D eigenvalue weighted by Crippen LogP contribution is -2.28. The summed E-state index contributed by atoms with van der Waals surface area (Å²) in [5, 5.41) is 8.79. The van der Waals surface area contributed by atoms with Crippen LogP contribution in [0.25, 0.3) is 0 Å². The summed E-state index contributed by atoms with van der Waals surface area (Å²) >= 11 is 6.36. The molecule has 0 aliphatic rings. The number of halogens is 1. The fourth-order valence-electron chi connectivity index (χ4n) is 2.68. The second-order valence-electron chi connectivity index (χ2n) is 6.73. The molecule has 0 radical (unpaired) electrons. The number of rotatable bonds is 8. The molecule has 116 valence electrons. The number of aromatic nitrogens is 2. The van der Waals surface area contributed by atoms with E-state index in [4.69, 9.17) is 11.6 Å². The van der Waals surface area contributed by atoms with Gasteiger partial charge in [0.15, 0.2) is 0 Å². The summed E-state index contributed by atoms with van der Waals surface area (Å²) in [4.78, 5) is 0. The van der Waals surface area contributed by atoms with Crippen LogP contribution in [0.3, 0.4) is 0 Å². The molecule has 0 aromatic carbocycles. The number of hydrogen-bond donors (Lipinski definition) is 1.